The first kappa shape index (κ1) is 12.5. The smallest absolute Gasteiger partial charge is 0.128 e. The molecular formula is C15H12N2O2S. The molecule has 0 fully saturated rings. The van der Waals surface area contributed by atoms with Crippen LogP contribution in [0, 0.1) is 0 Å². The fraction of sp³-hybridized carbons (Fsp3) is 0. The Morgan fingerprint density at radius 1 is 1.05 bits per heavy atom. The first-order chi connectivity index (χ1) is 9.63. The summed E-state index contributed by atoms with van der Waals surface area (Å²) in [7, 11) is 0. The normalized spacial score (nSPS) is 10.6. The van der Waals surface area contributed by atoms with Crippen LogP contribution in [0.3, 0.4) is 0 Å². The Labute approximate surface area is 119 Å². The number of hydrogen-bond donors (Lipinski definition) is 3. The highest BCUT2D eigenvalue weighted by molar-refractivity contribution is 7.13. The minimum Gasteiger partial charge on any atom is -0.508 e. The van der Waals surface area contributed by atoms with Gasteiger partial charge in [0.15, 0.2) is 0 Å². The topological polar surface area (TPSA) is 79.4 Å². The summed E-state index contributed by atoms with van der Waals surface area (Å²) in [4.78, 5) is 4.50. The fourth-order valence-electron chi connectivity index (χ4n) is 1.94. The summed E-state index contributed by atoms with van der Waals surface area (Å²) in [6.07, 6.45) is 0. The second-order valence-electron chi connectivity index (χ2n) is 4.36. The second-order valence-corrected chi connectivity index (χ2v) is 5.22. The molecule has 0 spiro atoms. The maximum absolute atomic E-state index is 9.85. The van der Waals surface area contributed by atoms with Gasteiger partial charge in [0.05, 0.1) is 5.69 Å². The number of aromatic nitrogens is 1. The predicted octanol–water partition coefficient (Wildman–Crippen LogP) is 3.47. The minimum absolute atomic E-state index is 0.00873. The van der Waals surface area contributed by atoms with Gasteiger partial charge in [-0.1, -0.05) is 12.1 Å². The molecule has 3 rings (SSSR count). The Kier molecular flexibility index (Phi) is 3.04. The lowest BCUT2D eigenvalue weighted by molar-refractivity contribution is 0.452. The molecule has 0 saturated carbocycles. The van der Waals surface area contributed by atoms with E-state index >= 15 is 0 Å². The van der Waals surface area contributed by atoms with Crippen LogP contribution in [0.2, 0.25) is 0 Å². The van der Waals surface area contributed by atoms with Gasteiger partial charge in [0.2, 0.25) is 0 Å². The molecule has 0 amide bonds. The van der Waals surface area contributed by atoms with Crippen LogP contribution in [0.1, 0.15) is 0 Å². The zero-order valence-corrected chi connectivity index (χ0v) is 11.3. The van der Waals surface area contributed by atoms with E-state index in [1.807, 2.05) is 29.6 Å². The first-order valence-corrected chi connectivity index (χ1v) is 6.85. The van der Waals surface area contributed by atoms with Crippen molar-refractivity contribution < 1.29 is 10.2 Å². The molecule has 5 heteroatoms. The van der Waals surface area contributed by atoms with Crippen molar-refractivity contribution in [3.63, 3.8) is 0 Å². The molecule has 0 unspecified atom stereocenters. The highest BCUT2D eigenvalue weighted by atomic mass is 32.1. The van der Waals surface area contributed by atoms with E-state index in [4.69, 9.17) is 5.73 Å². The largest absolute Gasteiger partial charge is 0.508 e. The molecule has 3 aromatic rings. The highest BCUT2D eigenvalue weighted by Gasteiger charge is 2.10. The molecule has 4 N–H and O–H groups in total. The third-order valence-corrected chi connectivity index (χ3v) is 3.79. The molecule has 0 aliphatic heterocycles. The molecule has 0 atom stereocenters. The summed E-state index contributed by atoms with van der Waals surface area (Å²) in [5, 5.41) is 21.9. The Balaban J connectivity index is 2.02. The van der Waals surface area contributed by atoms with Crippen molar-refractivity contribution >= 4 is 17.0 Å². The summed E-state index contributed by atoms with van der Waals surface area (Å²) in [6, 6.07) is 12.0. The molecule has 0 radical (unpaired) electrons. The lowest BCUT2D eigenvalue weighted by Crippen LogP contribution is -1.85. The molecule has 4 nitrogen and oxygen atoms in total. The third kappa shape index (κ3) is 2.31. The van der Waals surface area contributed by atoms with Crippen molar-refractivity contribution in [3.05, 3.63) is 47.8 Å². The number of thiazole rings is 1. The van der Waals surface area contributed by atoms with Crippen LogP contribution in [0.5, 0.6) is 11.5 Å². The van der Waals surface area contributed by atoms with Gasteiger partial charge in [0, 0.05) is 28.3 Å². The van der Waals surface area contributed by atoms with Gasteiger partial charge in [0.25, 0.3) is 0 Å². The molecule has 100 valence electrons. The van der Waals surface area contributed by atoms with Crippen molar-refractivity contribution in [2.75, 3.05) is 5.73 Å². The fourth-order valence-corrected chi connectivity index (χ4v) is 2.76. The van der Waals surface area contributed by atoms with Crippen molar-refractivity contribution in [2.24, 2.45) is 0 Å². The average Bonchev–Trinajstić information content (AvgIpc) is 2.88. The van der Waals surface area contributed by atoms with E-state index in [-0.39, 0.29) is 11.5 Å². The van der Waals surface area contributed by atoms with Crippen LogP contribution in [-0.2, 0) is 0 Å². The molecule has 1 aromatic heterocycles. The van der Waals surface area contributed by atoms with E-state index < -0.39 is 0 Å². The number of phenolic OH excluding ortho intramolecular Hbond substituents is 2. The molecule has 20 heavy (non-hydrogen) atoms. The van der Waals surface area contributed by atoms with Crippen LogP contribution in [-0.4, -0.2) is 15.2 Å². The van der Waals surface area contributed by atoms with Gasteiger partial charge >= 0.3 is 0 Å². The number of phenols is 2. The summed E-state index contributed by atoms with van der Waals surface area (Å²) in [6.45, 7) is 0. The summed E-state index contributed by atoms with van der Waals surface area (Å²) in [5.74, 6) is 0.0342. The molecular weight excluding hydrogens is 272 g/mol. The Morgan fingerprint density at radius 3 is 2.65 bits per heavy atom. The Hall–Kier alpha value is -2.53. The molecule has 0 aliphatic rings. The van der Waals surface area contributed by atoms with Gasteiger partial charge in [-0.2, -0.15) is 0 Å². The zero-order valence-electron chi connectivity index (χ0n) is 10.4. The van der Waals surface area contributed by atoms with Gasteiger partial charge in [0.1, 0.15) is 16.5 Å². The number of rotatable bonds is 2. The lowest BCUT2D eigenvalue weighted by Gasteiger charge is -2.01. The molecule has 0 saturated heterocycles. The number of hydrogen-bond acceptors (Lipinski definition) is 5. The van der Waals surface area contributed by atoms with E-state index in [0.717, 1.165) is 10.6 Å². The third-order valence-electron chi connectivity index (χ3n) is 2.90. The number of benzene rings is 2. The van der Waals surface area contributed by atoms with Crippen LogP contribution in [0.25, 0.3) is 21.8 Å². The summed E-state index contributed by atoms with van der Waals surface area (Å²) < 4.78 is 0. The Morgan fingerprint density at radius 2 is 1.90 bits per heavy atom. The van der Waals surface area contributed by atoms with Crippen molar-refractivity contribution in [1.29, 1.82) is 0 Å². The molecule has 0 aliphatic carbocycles. The van der Waals surface area contributed by atoms with Crippen LogP contribution >= 0.6 is 11.3 Å². The standard InChI is InChI=1S/C15H12N2O2S/c16-10-3-1-2-9(6-10)15-17-13(8-20-15)12-5-4-11(18)7-14(12)19/h1-8,18-19H,16H2. The average molecular weight is 284 g/mol. The molecule has 1 heterocycles. The Bertz CT molecular complexity index is 768. The molecule has 2 aromatic carbocycles. The first-order valence-electron chi connectivity index (χ1n) is 5.97. The quantitative estimate of drug-likeness (QED) is 0.629. The van der Waals surface area contributed by atoms with E-state index in [9.17, 15) is 10.2 Å². The van der Waals surface area contributed by atoms with E-state index in [0.29, 0.717) is 16.9 Å². The number of nitrogen functional groups attached to an aromatic ring is 1. The minimum atomic E-state index is 0.00873. The van der Waals surface area contributed by atoms with Gasteiger partial charge in [-0.05, 0) is 24.3 Å². The maximum atomic E-state index is 9.85. The second kappa shape index (κ2) is 4.86. The van der Waals surface area contributed by atoms with Crippen LogP contribution in [0.4, 0.5) is 5.69 Å². The van der Waals surface area contributed by atoms with E-state index in [1.165, 1.54) is 23.5 Å². The van der Waals surface area contributed by atoms with Gasteiger partial charge in [-0.3, -0.25) is 0 Å². The number of nitrogens with two attached hydrogens (primary N) is 1. The van der Waals surface area contributed by atoms with Crippen LogP contribution < -0.4 is 5.73 Å². The summed E-state index contributed by atoms with van der Waals surface area (Å²) in [5.41, 5.74) is 8.66. The summed E-state index contributed by atoms with van der Waals surface area (Å²) >= 11 is 1.48. The van der Waals surface area contributed by atoms with Gasteiger partial charge in [-0.15, -0.1) is 11.3 Å². The lowest BCUT2D eigenvalue weighted by atomic mass is 10.1. The van der Waals surface area contributed by atoms with E-state index in [2.05, 4.69) is 4.98 Å². The number of anilines is 1. The predicted molar refractivity (Wildman–Crippen MR) is 80.7 cm³/mol. The number of nitrogens with zero attached hydrogens (tertiary/aromatic N) is 1. The van der Waals surface area contributed by atoms with Crippen molar-refractivity contribution in [3.8, 4) is 33.3 Å². The highest BCUT2D eigenvalue weighted by Crippen LogP contribution is 2.35. The SMILES string of the molecule is Nc1cccc(-c2nc(-c3ccc(O)cc3O)cs2)c1. The van der Waals surface area contributed by atoms with Crippen molar-refractivity contribution in [1.82, 2.24) is 4.98 Å². The van der Waals surface area contributed by atoms with Gasteiger partial charge < -0.3 is 15.9 Å². The number of aromatic hydroxyl groups is 2. The monoisotopic (exact) mass is 284 g/mol. The van der Waals surface area contributed by atoms with Crippen molar-refractivity contribution in [2.45, 2.75) is 0 Å². The zero-order chi connectivity index (χ0) is 14.1. The van der Waals surface area contributed by atoms with Crippen LogP contribution in [0.15, 0.2) is 47.8 Å². The maximum Gasteiger partial charge on any atom is 0.128 e. The van der Waals surface area contributed by atoms with Gasteiger partial charge in [-0.25, -0.2) is 4.98 Å². The molecule has 0 bridgehead atoms. The van der Waals surface area contributed by atoms with E-state index in [1.54, 1.807) is 6.07 Å².